The Morgan fingerprint density at radius 1 is 1.27 bits per heavy atom. The zero-order chi connectivity index (χ0) is 16.5. The molecular weight excluding hydrogens is 280 g/mol. The molecule has 0 aliphatic heterocycles. The van der Waals surface area contributed by atoms with Crippen LogP contribution in [0.25, 0.3) is 0 Å². The number of amides is 1. The number of hydrogen-bond acceptors (Lipinski definition) is 4. The predicted octanol–water partition coefficient (Wildman–Crippen LogP) is 2.69. The highest BCUT2D eigenvalue weighted by atomic mass is 16.5. The van der Waals surface area contributed by atoms with E-state index in [1.807, 2.05) is 53.1 Å². The van der Waals surface area contributed by atoms with Crippen LogP contribution in [0.5, 0.6) is 5.75 Å². The molecule has 22 heavy (non-hydrogen) atoms. The molecule has 1 rings (SSSR count). The van der Waals surface area contributed by atoms with Crippen molar-refractivity contribution in [2.24, 2.45) is 0 Å². The van der Waals surface area contributed by atoms with E-state index in [0.29, 0.717) is 31.1 Å². The van der Waals surface area contributed by atoms with Crippen LogP contribution in [0.3, 0.4) is 0 Å². The van der Waals surface area contributed by atoms with Crippen molar-refractivity contribution in [1.82, 2.24) is 4.90 Å². The van der Waals surface area contributed by atoms with Gasteiger partial charge in [0.2, 0.25) is 5.91 Å². The maximum absolute atomic E-state index is 12.0. The summed E-state index contributed by atoms with van der Waals surface area (Å²) in [6, 6.07) is 5.77. The van der Waals surface area contributed by atoms with Gasteiger partial charge >= 0.3 is 0 Å². The number of rotatable bonds is 9. The van der Waals surface area contributed by atoms with Gasteiger partial charge in [0.25, 0.3) is 0 Å². The second-order valence-corrected chi connectivity index (χ2v) is 5.87. The second kappa shape index (κ2) is 9.43. The van der Waals surface area contributed by atoms with Crippen LogP contribution in [0.2, 0.25) is 0 Å². The first kappa shape index (κ1) is 18.5. The molecule has 0 heterocycles. The monoisotopic (exact) mass is 308 g/mol. The zero-order valence-corrected chi connectivity index (χ0v) is 14.3. The van der Waals surface area contributed by atoms with E-state index in [0.717, 1.165) is 12.1 Å². The van der Waals surface area contributed by atoms with Crippen LogP contribution in [-0.2, 0) is 9.53 Å². The van der Waals surface area contributed by atoms with Crippen LogP contribution >= 0.6 is 0 Å². The minimum absolute atomic E-state index is 0.0676. The Morgan fingerprint density at radius 3 is 2.64 bits per heavy atom. The Labute approximate surface area is 133 Å². The molecule has 5 heteroatoms. The van der Waals surface area contributed by atoms with E-state index < -0.39 is 0 Å². The number of nitrogens with one attached hydrogen (secondary N) is 1. The van der Waals surface area contributed by atoms with Gasteiger partial charge in [-0.15, -0.1) is 0 Å². The van der Waals surface area contributed by atoms with E-state index >= 15 is 0 Å². The number of likely N-dealkylation sites (N-methyl/N-ethyl adjacent to an activating group) is 1. The third-order valence-electron chi connectivity index (χ3n) is 2.99. The van der Waals surface area contributed by atoms with Crippen LogP contribution in [0.1, 0.15) is 25.8 Å². The van der Waals surface area contributed by atoms with Crippen LogP contribution < -0.4 is 10.1 Å². The molecule has 1 aromatic rings. The van der Waals surface area contributed by atoms with Gasteiger partial charge < -0.3 is 19.7 Å². The normalized spacial score (nSPS) is 11.0. The molecule has 0 atom stereocenters. The molecule has 0 saturated carbocycles. The topological polar surface area (TPSA) is 50.8 Å². The van der Waals surface area contributed by atoms with E-state index in [2.05, 4.69) is 10.2 Å². The fraction of sp³-hybridized carbons (Fsp3) is 0.588. The molecule has 0 bridgehead atoms. The molecule has 0 fully saturated rings. The largest absolute Gasteiger partial charge is 0.490 e. The van der Waals surface area contributed by atoms with E-state index in [4.69, 9.17) is 9.47 Å². The van der Waals surface area contributed by atoms with Crippen molar-refractivity contribution in [2.75, 3.05) is 39.2 Å². The van der Waals surface area contributed by atoms with Crippen molar-refractivity contribution in [3.8, 4) is 5.75 Å². The molecule has 1 N–H and O–H groups in total. The van der Waals surface area contributed by atoms with Gasteiger partial charge in [0.05, 0.1) is 24.8 Å². The molecule has 0 aliphatic rings. The van der Waals surface area contributed by atoms with Crippen molar-refractivity contribution in [1.29, 1.82) is 0 Å². The van der Waals surface area contributed by atoms with E-state index in [1.165, 1.54) is 0 Å². The number of nitrogens with zero attached hydrogens (tertiary/aromatic N) is 1. The number of carbonyl (C=O) groups is 1. The fourth-order valence-electron chi connectivity index (χ4n) is 1.79. The SMILES string of the molecule is Cc1ccc(NC(=O)CCOC(C)C)c(OCCN(C)C)c1. The van der Waals surface area contributed by atoms with Crippen LogP contribution in [0, 0.1) is 6.92 Å². The minimum Gasteiger partial charge on any atom is -0.490 e. The van der Waals surface area contributed by atoms with E-state index in [-0.39, 0.29) is 12.0 Å². The van der Waals surface area contributed by atoms with Crippen LogP contribution in [0.4, 0.5) is 5.69 Å². The highest BCUT2D eigenvalue weighted by Gasteiger charge is 2.09. The summed E-state index contributed by atoms with van der Waals surface area (Å²) in [6.07, 6.45) is 0.473. The number of anilines is 1. The Balaban J connectivity index is 2.58. The summed E-state index contributed by atoms with van der Waals surface area (Å²) in [7, 11) is 3.99. The van der Waals surface area contributed by atoms with Gasteiger partial charge in [0.1, 0.15) is 12.4 Å². The quantitative estimate of drug-likeness (QED) is 0.762. The van der Waals surface area contributed by atoms with Gasteiger partial charge in [-0.2, -0.15) is 0 Å². The standard InChI is InChI=1S/C17H28N2O3/c1-13(2)21-10-8-17(20)18-15-7-6-14(3)12-16(15)22-11-9-19(4)5/h6-7,12-13H,8-11H2,1-5H3,(H,18,20). The van der Waals surface area contributed by atoms with Crippen LogP contribution in [-0.4, -0.2) is 50.8 Å². The maximum Gasteiger partial charge on any atom is 0.226 e. The number of ether oxygens (including phenoxy) is 2. The smallest absolute Gasteiger partial charge is 0.226 e. The minimum atomic E-state index is -0.0676. The first-order valence-corrected chi connectivity index (χ1v) is 7.68. The Hall–Kier alpha value is -1.59. The van der Waals surface area contributed by atoms with Crippen molar-refractivity contribution in [2.45, 2.75) is 33.3 Å². The predicted molar refractivity (Wildman–Crippen MR) is 89.6 cm³/mol. The van der Waals surface area contributed by atoms with Gasteiger partial charge in [-0.3, -0.25) is 4.79 Å². The molecular formula is C17H28N2O3. The molecule has 0 saturated heterocycles. The Kier molecular flexibility index (Phi) is 7.91. The lowest BCUT2D eigenvalue weighted by molar-refractivity contribution is -0.117. The fourth-order valence-corrected chi connectivity index (χ4v) is 1.79. The molecule has 1 amide bonds. The van der Waals surface area contributed by atoms with Gasteiger partial charge in [-0.25, -0.2) is 0 Å². The molecule has 1 aromatic carbocycles. The van der Waals surface area contributed by atoms with Gasteiger partial charge in [-0.05, 0) is 52.6 Å². The summed E-state index contributed by atoms with van der Waals surface area (Å²) in [4.78, 5) is 14.0. The Morgan fingerprint density at radius 2 is 2.00 bits per heavy atom. The average Bonchev–Trinajstić information content (AvgIpc) is 2.41. The van der Waals surface area contributed by atoms with Crippen molar-refractivity contribution < 1.29 is 14.3 Å². The number of benzene rings is 1. The molecule has 0 radical (unpaired) electrons. The van der Waals surface area contributed by atoms with Crippen molar-refractivity contribution in [3.63, 3.8) is 0 Å². The number of hydrogen-bond donors (Lipinski definition) is 1. The molecule has 124 valence electrons. The average molecular weight is 308 g/mol. The van der Waals surface area contributed by atoms with Crippen molar-refractivity contribution >= 4 is 11.6 Å². The molecule has 0 spiro atoms. The Bertz CT molecular complexity index is 473. The molecule has 0 aromatic heterocycles. The summed E-state index contributed by atoms with van der Waals surface area (Å²) < 4.78 is 11.2. The van der Waals surface area contributed by atoms with E-state index in [1.54, 1.807) is 0 Å². The third-order valence-corrected chi connectivity index (χ3v) is 2.99. The highest BCUT2D eigenvalue weighted by Crippen LogP contribution is 2.25. The highest BCUT2D eigenvalue weighted by molar-refractivity contribution is 5.92. The molecule has 0 unspecified atom stereocenters. The second-order valence-electron chi connectivity index (χ2n) is 5.87. The van der Waals surface area contributed by atoms with Gasteiger partial charge in [-0.1, -0.05) is 6.07 Å². The summed E-state index contributed by atoms with van der Waals surface area (Å²) >= 11 is 0. The maximum atomic E-state index is 12.0. The summed E-state index contributed by atoms with van der Waals surface area (Å²) in [5, 5.41) is 2.89. The lowest BCUT2D eigenvalue weighted by Crippen LogP contribution is -2.20. The molecule has 0 aliphatic carbocycles. The lowest BCUT2D eigenvalue weighted by atomic mass is 10.2. The lowest BCUT2D eigenvalue weighted by Gasteiger charge is -2.15. The number of aryl methyl sites for hydroxylation is 1. The summed E-state index contributed by atoms with van der Waals surface area (Å²) in [6.45, 7) is 7.73. The summed E-state index contributed by atoms with van der Waals surface area (Å²) in [5.74, 6) is 0.641. The van der Waals surface area contributed by atoms with Crippen LogP contribution in [0.15, 0.2) is 18.2 Å². The van der Waals surface area contributed by atoms with Gasteiger partial charge in [0, 0.05) is 6.54 Å². The zero-order valence-electron chi connectivity index (χ0n) is 14.3. The number of carbonyl (C=O) groups excluding carboxylic acids is 1. The third kappa shape index (κ3) is 7.43. The molecule has 5 nitrogen and oxygen atoms in total. The summed E-state index contributed by atoms with van der Waals surface area (Å²) in [5.41, 5.74) is 1.81. The first-order chi connectivity index (χ1) is 10.4. The first-order valence-electron chi connectivity index (χ1n) is 7.68. The van der Waals surface area contributed by atoms with Gasteiger partial charge in [0.15, 0.2) is 0 Å². The van der Waals surface area contributed by atoms with E-state index in [9.17, 15) is 4.79 Å². The van der Waals surface area contributed by atoms with Crippen molar-refractivity contribution in [3.05, 3.63) is 23.8 Å².